The highest BCUT2D eigenvalue weighted by Crippen LogP contribution is 2.31. The van der Waals surface area contributed by atoms with Crippen LogP contribution in [0, 0.1) is 0 Å². The second-order valence-electron chi connectivity index (χ2n) is 7.91. The van der Waals surface area contributed by atoms with Gasteiger partial charge in [-0.2, -0.15) is 0 Å². The summed E-state index contributed by atoms with van der Waals surface area (Å²) in [5.41, 5.74) is 2.77. The van der Waals surface area contributed by atoms with Gasteiger partial charge in [-0.15, -0.1) is 0 Å². The van der Waals surface area contributed by atoms with Crippen LogP contribution in [0.5, 0.6) is 0 Å². The summed E-state index contributed by atoms with van der Waals surface area (Å²) in [5, 5.41) is 5.22. The molecule has 0 amide bonds. The van der Waals surface area contributed by atoms with Crippen LogP contribution < -0.4 is 0 Å². The standard InChI is InChI=1S/C29H18ClN3/c30-24-12-5-11-22(18-24)27-31-28(23-16-15-19-7-1-2-9-21(19)17-23)33-29(32-27)26-14-6-10-20-8-3-4-13-25(20)26/h1-18H. The van der Waals surface area contributed by atoms with Crippen molar-refractivity contribution in [3.05, 3.63) is 114 Å². The molecule has 3 nitrogen and oxygen atoms in total. The van der Waals surface area contributed by atoms with E-state index in [1.807, 2.05) is 54.6 Å². The number of rotatable bonds is 3. The number of halogens is 1. The zero-order valence-corrected chi connectivity index (χ0v) is 18.4. The average molecular weight is 444 g/mol. The van der Waals surface area contributed by atoms with Crippen molar-refractivity contribution in [2.75, 3.05) is 0 Å². The van der Waals surface area contributed by atoms with Crippen molar-refractivity contribution in [2.24, 2.45) is 0 Å². The van der Waals surface area contributed by atoms with Crippen molar-refractivity contribution in [1.29, 1.82) is 0 Å². The van der Waals surface area contributed by atoms with Crippen LogP contribution in [0.2, 0.25) is 5.02 Å². The van der Waals surface area contributed by atoms with Crippen LogP contribution in [-0.4, -0.2) is 15.0 Å². The van der Waals surface area contributed by atoms with E-state index >= 15 is 0 Å². The second kappa shape index (κ2) is 8.12. The maximum absolute atomic E-state index is 6.28. The van der Waals surface area contributed by atoms with Crippen LogP contribution in [0.25, 0.3) is 55.7 Å². The largest absolute Gasteiger partial charge is 0.208 e. The first-order chi connectivity index (χ1) is 16.2. The molecular weight excluding hydrogens is 426 g/mol. The Bertz CT molecular complexity index is 1640. The topological polar surface area (TPSA) is 38.7 Å². The zero-order chi connectivity index (χ0) is 22.2. The minimum absolute atomic E-state index is 0.596. The normalized spacial score (nSPS) is 11.2. The maximum Gasteiger partial charge on any atom is 0.164 e. The van der Waals surface area contributed by atoms with Gasteiger partial charge in [-0.05, 0) is 39.7 Å². The molecule has 0 N–H and O–H groups in total. The third-order valence-corrected chi connectivity index (χ3v) is 5.99. The molecular formula is C29H18ClN3. The van der Waals surface area contributed by atoms with Crippen LogP contribution in [-0.2, 0) is 0 Å². The van der Waals surface area contributed by atoms with E-state index in [9.17, 15) is 0 Å². The van der Waals surface area contributed by atoms with Crippen LogP contribution in [0.4, 0.5) is 0 Å². The van der Waals surface area contributed by atoms with Gasteiger partial charge in [0.25, 0.3) is 0 Å². The van der Waals surface area contributed by atoms with E-state index in [2.05, 4.69) is 54.6 Å². The minimum Gasteiger partial charge on any atom is -0.208 e. The number of hydrogen-bond acceptors (Lipinski definition) is 3. The third-order valence-electron chi connectivity index (χ3n) is 5.76. The van der Waals surface area contributed by atoms with E-state index in [1.54, 1.807) is 0 Å². The van der Waals surface area contributed by atoms with E-state index in [4.69, 9.17) is 26.6 Å². The van der Waals surface area contributed by atoms with Crippen molar-refractivity contribution >= 4 is 33.1 Å². The Labute approximate surface area is 196 Å². The van der Waals surface area contributed by atoms with Gasteiger partial charge in [-0.1, -0.05) is 103 Å². The summed E-state index contributed by atoms with van der Waals surface area (Å²) in [6, 6.07) is 36.7. The third kappa shape index (κ3) is 3.73. The van der Waals surface area contributed by atoms with Gasteiger partial charge < -0.3 is 0 Å². The predicted octanol–water partition coefficient (Wildman–Crippen LogP) is 7.83. The predicted molar refractivity (Wildman–Crippen MR) is 136 cm³/mol. The quantitative estimate of drug-likeness (QED) is 0.279. The monoisotopic (exact) mass is 443 g/mol. The summed E-state index contributed by atoms with van der Waals surface area (Å²) >= 11 is 6.28. The van der Waals surface area contributed by atoms with Crippen molar-refractivity contribution in [1.82, 2.24) is 15.0 Å². The fourth-order valence-corrected chi connectivity index (χ4v) is 4.32. The van der Waals surface area contributed by atoms with E-state index in [1.165, 1.54) is 5.39 Å². The van der Waals surface area contributed by atoms with Gasteiger partial charge in [0.1, 0.15) is 0 Å². The highest BCUT2D eigenvalue weighted by Gasteiger charge is 2.14. The summed E-state index contributed by atoms with van der Waals surface area (Å²) < 4.78 is 0. The first-order valence-electron chi connectivity index (χ1n) is 10.7. The zero-order valence-electron chi connectivity index (χ0n) is 17.6. The smallest absolute Gasteiger partial charge is 0.164 e. The lowest BCUT2D eigenvalue weighted by Crippen LogP contribution is -2.00. The molecule has 33 heavy (non-hydrogen) atoms. The van der Waals surface area contributed by atoms with Gasteiger partial charge in [0, 0.05) is 21.7 Å². The Kier molecular flexibility index (Phi) is 4.82. The van der Waals surface area contributed by atoms with Gasteiger partial charge in [0.15, 0.2) is 17.5 Å². The molecule has 6 rings (SSSR count). The maximum atomic E-state index is 6.28. The minimum atomic E-state index is 0.596. The molecule has 0 unspecified atom stereocenters. The molecule has 0 spiro atoms. The highest BCUT2D eigenvalue weighted by atomic mass is 35.5. The molecule has 0 aliphatic carbocycles. The second-order valence-corrected chi connectivity index (χ2v) is 8.34. The SMILES string of the molecule is Clc1cccc(-c2nc(-c3ccc4ccccc4c3)nc(-c3cccc4ccccc34)n2)c1. The molecule has 1 aromatic heterocycles. The van der Waals surface area contributed by atoms with Gasteiger partial charge in [-0.25, -0.2) is 15.0 Å². The Morgan fingerprint density at radius 2 is 1.09 bits per heavy atom. The Balaban J connectivity index is 1.61. The molecule has 0 atom stereocenters. The average Bonchev–Trinajstić information content (AvgIpc) is 2.88. The van der Waals surface area contributed by atoms with Gasteiger partial charge in [0.05, 0.1) is 0 Å². The first-order valence-corrected chi connectivity index (χ1v) is 11.1. The molecule has 156 valence electrons. The lowest BCUT2D eigenvalue weighted by Gasteiger charge is -2.11. The molecule has 0 radical (unpaired) electrons. The summed E-state index contributed by atoms with van der Waals surface area (Å²) in [4.78, 5) is 14.6. The summed E-state index contributed by atoms with van der Waals surface area (Å²) in [7, 11) is 0. The van der Waals surface area contributed by atoms with Crippen molar-refractivity contribution in [3.8, 4) is 34.2 Å². The fraction of sp³-hybridized carbons (Fsp3) is 0. The van der Waals surface area contributed by atoms with E-state index in [0.29, 0.717) is 22.5 Å². The van der Waals surface area contributed by atoms with Crippen LogP contribution in [0.15, 0.2) is 109 Å². The van der Waals surface area contributed by atoms with Crippen LogP contribution in [0.1, 0.15) is 0 Å². The number of nitrogens with zero attached hydrogens (tertiary/aromatic N) is 3. The molecule has 0 aliphatic rings. The van der Waals surface area contributed by atoms with Crippen LogP contribution in [0.3, 0.4) is 0 Å². The molecule has 0 saturated heterocycles. The van der Waals surface area contributed by atoms with Crippen molar-refractivity contribution < 1.29 is 0 Å². The lowest BCUT2D eigenvalue weighted by molar-refractivity contribution is 1.08. The Hall–Kier alpha value is -4.08. The number of aromatic nitrogens is 3. The molecule has 4 heteroatoms. The molecule has 0 saturated carbocycles. The Morgan fingerprint density at radius 1 is 0.455 bits per heavy atom. The first kappa shape index (κ1) is 19.6. The molecule has 5 aromatic carbocycles. The molecule has 0 aliphatic heterocycles. The molecule has 0 fully saturated rings. The highest BCUT2D eigenvalue weighted by molar-refractivity contribution is 6.30. The van der Waals surface area contributed by atoms with Gasteiger partial charge in [-0.3, -0.25) is 0 Å². The number of hydrogen-bond donors (Lipinski definition) is 0. The molecule has 0 bridgehead atoms. The van der Waals surface area contributed by atoms with Crippen LogP contribution >= 0.6 is 11.6 Å². The number of benzene rings is 5. The lowest BCUT2D eigenvalue weighted by atomic mass is 10.0. The summed E-state index contributed by atoms with van der Waals surface area (Å²) in [6.45, 7) is 0. The van der Waals surface area contributed by atoms with Crippen molar-refractivity contribution in [2.45, 2.75) is 0 Å². The van der Waals surface area contributed by atoms with E-state index in [-0.39, 0.29) is 0 Å². The van der Waals surface area contributed by atoms with Gasteiger partial charge >= 0.3 is 0 Å². The Morgan fingerprint density at radius 3 is 1.91 bits per heavy atom. The number of fused-ring (bicyclic) bond motifs is 2. The molecule has 6 aromatic rings. The van der Waals surface area contributed by atoms with E-state index in [0.717, 1.165) is 32.8 Å². The fourth-order valence-electron chi connectivity index (χ4n) is 4.13. The summed E-state index contributed by atoms with van der Waals surface area (Å²) in [6.07, 6.45) is 0. The van der Waals surface area contributed by atoms with Gasteiger partial charge in [0.2, 0.25) is 0 Å². The summed E-state index contributed by atoms with van der Waals surface area (Å²) in [5.74, 6) is 1.87. The van der Waals surface area contributed by atoms with Crippen molar-refractivity contribution in [3.63, 3.8) is 0 Å². The van der Waals surface area contributed by atoms with E-state index < -0.39 is 0 Å². The molecule has 1 heterocycles.